The molecule has 0 radical (unpaired) electrons. The first-order chi connectivity index (χ1) is 10.3. The van der Waals surface area contributed by atoms with Crippen molar-refractivity contribution in [3.05, 3.63) is 36.0 Å². The van der Waals surface area contributed by atoms with Gasteiger partial charge in [-0.05, 0) is 37.1 Å². The SMILES string of the molecule is COc1ccc(-c2cc(COC(=O)C3CCC3)no2)cc1. The van der Waals surface area contributed by atoms with Gasteiger partial charge in [-0.25, -0.2) is 0 Å². The Bertz CT molecular complexity index is 613. The smallest absolute Gasteiger partial charge is 0.309 e. The molecule has 0 spiro atoms. The van der Waals surface area contributed by atoms with E-state index in [-0.39, 0.29) is 18.5 Å². The second-order valence-electron chi connectivity index (χ2n) is 5.15. The van der Waals surface area contributed by atoms with Crippen LogP contribution in [0.1, 0.15) is 25.0 Å². The Balaban J connectivity index is 1.61. The van der Waals surface area contributed by atoms with Gasteiger partial charge in [-0.3, -0.25) is 4.79 Å². The average molecular weight is 287 g/mol. The minimum atomic E-state index is -0.129. The van der Waals surface area contributed by atoms with Crippen LogP contribution in [0.5, 0.6) is 5.75 Å². The quantitative estimate of drug-likeness (QED) is 0.790. The summed E-state index contributed by atoms with van der Waals surface area (Å²) in [6.07, 6.45) is 2.99. The van der Waals surface area contributed by atoms with Gasteiger partial charge in [0.2, 0.25) is 0 Å². The van der Waals surface area contributed by atoms with E-state index in [0.717, 1.165) is 30.6 Å². The first-order valence-electron chi connectivity index (χ1n) is 7.03. The zero-order valence-electron chi connectivity index (χ0n) is 11.9. The molecule has 1 aliphatic carbocycles. The van der Waals surface area contributed by atoms with Gasteiger partial charge < -0.3 is 14.0 Å². The van der Waals surface area contributed by atoms with Gasteiger partial charge in [0, 0.05) is 11.6 Å². The van der Waals surface area contributed by atoms with Crippen LogP contribution in [0.25, 0.3) is 11.3 Å². The molecule has 0 bridgehead atoms. The van der Waals surface area contributed by atoms with Crippen molar-refractivity contribution < 1.29 is 18.8 Å². The Hall–Kier alpha value is -2.30. The van der Waals surface area contributed by atoms with Crippen LogP contribution in [0.15, 0.2) is 34.9 Å². The number of esters is 1. The van der Waals surface area contributed by atoms with E-state index in [1.165, 1.54) is 0 Å². The van der Waals surface area contributed by atoms with Gasteiger partial charge in [0.05, 0.1) is 13.0 Å². The van der Waals surface area contributed by atoms with Crippen LogP contribution >= 0.6 is 0 Å². The van der Waals surface area contributed by atoms with E-state index in [1.807, 2.05) is 24.3 Å². The van der Waals surface area contributed by atoms with Crippen LogP contribution in [0.4, 0.5) is 0 Å². The van der Waals surface area contributed by atoms with Crippen molar-refractivity contribution in [3.63, 3.8) is 0 Å². The Kier molecular flexibility index (Phi) is 3.90. The second-order valence-corrected chi connectivity index (χ2v) is 5.15. The first kappa shape index (κ1) is 13.7. The second kappa shape index (κ2) is 5.99. The van der Waals surface area contributed by atoms with Gasteiger partial charge in [-0.15, -0.1) is 0 Å². The molecule has 1 aliphatic rings. The highest BCUT2D eigenvalue weighted by Crippen LogP contribution is 2.28. The number of carbonyl (C=O) groups excluding carboxylic acids is 1. The number of methoxy groups -OCH3 is 1. The number of nitrogens with zero attached hydrogens (tertiary/aromatic N) is 1. The zero-order valence-corrected chi connectivity index (χ0v) is 11.9. The van der Waals surface area contributed by atoms with Gasteiger partial charge in [-0.2, -0.15) is 0 Å². The van der Waals surface area contributed by atoms with E-state index >= 15 is 0 Å². The van der Waals surface area contributed by atoms with Crippen molar-refractivity contribution in [3.8, 4) is 17.1 Å². The highest BCUT2D eigenvalue weighted by molar-refractivity contribution is 5.73. The predicted molar refractivity (Wildman–Crippen MR) is 75.6 cm³/mol. The number of aromatic nitrogens is 1. The molecule has 1 fully saturated rings. The van der Waals surface area contributed by atoms with Gasteiger partial charge in [-0.1, -0.05) is 11.6 Å². The van der Waals surface area contributed by atoms with Gasteiger partial charge >= 0.3 is 5.97 Å². The van der Waals surface area contributed by atoms with Crippen molar-refractivity contribution in [1.29, 1.82) is 0 Å². The molecule has 110 valence electrons. The Labute approximate surface area is 122 Å². The van der Waals surface area contributed by atoms with E-state index in [0.29, 0.717) is 11.5 Å². The summed E-state index contributed by atoms with van der Waals surface area (Å²) in [5.41, 5.74) is 1.52. The van der Waals surface area contributed by atoms with Crippen molar-refractivity contribution >= 4 is 5.97 Å². The Morgan fingerprint density at radius 1 is 1.33 bits per heavy atom. The van der Waals surface area contributed by atoms with E-state index < -0.39 is 0 Å². The average Bonchev–Trinajstić information content (AvgIpc) is 2.92. The maximum Gasteiger partial charge on any atom is 0.309 e. The summed E-state index contributed by atoms with van der Waals surface area (Å²) in [4.78, 5) is 11.7. The van der Waals surface area contributed by atoms with E-state index in [2.05, 4.69) is 5.16 Å². The number of ether oxygens (including phenoxy) is 2. The van der Waals surface area contributed by atoms with Crippen LogP contribution in [0.3, 0.4) is 0 Å². The molecule has 1 aromatic heterocycles. The van der Waals surface area contributed by atoms with E-state index in [9.17, 15) is 4.79 Å². The highest BCUT2D eigenvalue weighted by Gasteiger charge is 2.26. The van der Waals surface area contributed by atoms with Crippen LogP contribution in [-0.2, 0) is 16.1 Å². The summed E-state index contributed by atoms with van der Waals surface area (Å²) in [5.74, 6) is 1.38. The van der Waals surface area contributed by atoms with Gasteiger partial charge in [0.25, 0.3) is 0 Å². The molecule has 0 aliphatic heterocycles. The maximum atomic E-state index is 11.7. The first-order valence-corrected chi connectivity index (χ1v) is 7.03. The monoisotopic (exact) mass is 287 g/mol. The van der Waals surface area contributed by atoms with E-state index in [1.54, 1.807) is 13.2 Å². The third kappa shape index (κ3) is 3.07. The van der Waals surface area contributed by atoms with Gasteiger partial charge in [0.15, 0.2) is 5.76 Å². The Morgan fingerprint density at radius 3 is 2.71 bits per heavy atom. The van der Waals surface area contributed by atoms with Gasteiger partial charge in [0.1, 0.15) is 18.1 Å². The number of benzene rings is 1. The fourth-order valence-corrected chi connectivity index (χ4v) is 2.18. The minimum absolute atomic E-state index is 0.0814. The lowest BCUT2D eigenvalue weighted by atomic mass is 9.86. The minimum Gasteiger partial charge on any atom is -0.497 e. The van der Waals surface area contributed by atoms with Crippen LogP contribution in [0, 0.1) is 5.92 Å². The lowest BCUT2D eigenvalue weighted by molar-refractivity contribution is -0.152. The summed E-state index contributed by atoms with van der Waals surface area (Å²) >= 11 is 0. The lowest BCUT2D eigenvalue weighted by Gasteiger charge is -2.22. The molecule has 0 amide bonds. The molecule has 21 heavy (non-hydrogen) atoms. The topological polar surface area (TPSA) is 61.6 Å². The zero-order chi connectivity index (χ0) is 14.7. The van der Waals surface area contributed by atoms with Crippen molar-refractivity contribution in [2.45, 2.75) is 25.9 Å². The standard InChI is InChI=1S/C16H17NO4/c1-19-14-7-5-11(6-8-14)15-9-13(17-21-15)10-20-16(18)12-3-2-4-12/h5-9,12H,2-4,10H2,1H3. The molecule has 1 aromatic carbocycles. The summed E-state index contributed by atoms with van der Waals surface area (Å²) in [7, 11) is 1.62. The summed E-state index contributed by atoms with van der Waals surface area (Å²) in [6, 6.07) is 9.28. The molecule has 0 saturated heterocycles. The van der Waals surface area contributed by atoms with Crippen LogP contribution < -0.4 is 4.74 Å². The molecule has 5 heteroatoms. The largest absolute Gasteiger partial charge is 0.497 e. The summed E-state index contributed by atoms with van der Waals surface area (Å²) in [6.45, 7) is 0.162. The molecular formula is C16H17NO4. The molecule has 0 N–H and O–H groups in total. The molecule has 0 atom stereocenters. The fourth-order valence-electron chi connectivity index (χ4n) is 2.18. The number of hydrogen-bond donors (Lipinski definition) is 0. The number of carbonyl (C=O) groups is 1. The third-order valence-corrected chi connectivity index (χ3v) is 3.73. The molecular weight excluding hydrogens is 270 g/mol. The number of hydrogen-bond acceptors (Lipinski definition) is 5. The molecule has 3 rings (SSSR count). The van der Waals surface area contributed by atoms with Crippen LogP contribution in [-0.4, -0.2) is 18.2 Å². The highest BCUT2D eigenvalue weighted by atomic mass is 16.5. The predicted octanol–water partition coefficient (Wildman–Crippen LogP) is 3.19. The normalized spacial score (nSPS) is 14.5. The Morgan fingerprint density at radius 2 is 2.10 bits per heavy atom. The lowest BCUT2D eigenvalue weighted by Crippen LogP contribution is -2.23. The van der Waals surface area contributed by atoms with Crippen LogP contribution in [0.2, 0.25) is 0 Å². The molecule has 1 saturated carbocycles. The molecule has 1 heterocycles. The fraction of sp³-hybridized carbons (Fsp3) is 0.375. The van der Waals surface area contributed by atoms with Crippen molar-refractivity contribution in [2.24, 2.45) is 5.92 Å². The summed E-state index contributed by atoms with van der Waals surface area (Å²) < 4.78 is 15.6. The summed E-state index contributed by atoms with van der Waals surface area (Å²) in [5, 5.41) is 3.93. The molecule has 2 aromatic rings. The van der Waals surface area contributed by atoms with Crippen molar-refractivity contribution in [1.82, 2.24) is 5.16 Å². The molecule has 5 nitrogen and oxygen atoms in total. The van der Waals surface area contributed by atoms with E-state index in [4.69, 9.17) is 14.0 Å². The van der Waals surface area contributed by atoms with Crippen molar-refractivity contribution in [2.75, 3.05) is 7.11 Å². The maximum absolute atomic E-state index is 11.7. The molecule has 0 unspecified atom stereocenters. The third-order valence-electron chi connectivity index (χ3n) is 3.73. The number of rotatable bonds is 5.